The summed E-state index contributed by atoms with van der Waals surface area (Å²) in [7, 11) is 1.41. The van der Waals surface area contributed by atoms with E-state index < -0.39 is 17.8 Å². The van der Waals surface area contributed by atoms with E-state index in [1.54, 1.807) is 34.1 Å². The number of urea groups is 1. The Bertz CT molecular complexity index is 1720. The zero-order chi connectivity index (χ0) is 35.9. The van der Waals surface area contributed by atoms with Gasteiger partial charge in [0.15, 0.2) is 11.5 Å². The maximum Gasteiger partial charge on any atom is 0.435 e. The molecule has 4 N–H and O–H groups in total. The minimum atomic E-state index is -4.79. The minimum absolute atomic E-state index is 0.00159. The van der Waals surface area contributed by atoms with Crippen LogP contribution in [0.3, 0.4) is 0 Å². The van der Waals surface area contributed by atoms with Crippen molar-refractivity contribution in [1.82, 2.24) is 34.0 Å². The van der Waals surface area contributed by atoms with Crippen LogP contribution in [0.2, 0.25) is 0 Å². The molecule has 2 fully saturated rings. The van der Waals surface area contributed by atoms with Gasteiger partial charge in [-0.15, -0.1) is 0 Å². The van der Waals surface area contributed by atoms with Crippen LogP contribution in [0, 0.1) is 11.3 Å². The predicted octanol–water partition coefficient (Wildman–Crippen LogP) is 2.64. The Hall–Kier alpha value is -5.44. The molecule has 3 aromatic rings. The van der Waals surface area contributed by atoms with Gasteiger partial charge < -0.3 is 35.4 Å². The Labute approximate surface area is 279 Å². The Morgan fingerprint density at radius 1 is 1.16 bits per heavy atom. The lowest BCUT2D eigenvalue weighted by molar-refractivity contribution is -0.141. The molecule has 2 aromatic heterocycles. The van der Waals surface area contributed by atoms with Crippen molar-refractivity contribution in [2.45, 2.75) is 44.9 Å². The van der Waals surface area contributed by atoms with Crippen molar-refractivity contribution in [2.24, 2.45) is 12.8 Å². The molecule has 15 nitrogen and oxygen atoms in total. The van der Waals surface area contributed by atoms with Gasteiger partial charge in [-0.05, 0) is 43.0 Å². The molecule has 1 atom stereocenters. The van der Waals surface area contributed by atoms with Gasteiger partial charge in [0.1, 0.15) is 6.54 Å². The van der Waals surface area contributed by atoms with Gasteiger partial charge in [-0.1, -0.05) is 6.92 Å². The van der Waals surface area contributed by atoms with Crippen LogP contribution in [0.15, 0.2) is 30.6 Å². The Kier molecular flexibility index (Phi) is 11.6. The third-order valence-electron chi connectivity index (χ3n) is 8.44. The third-order valence-corrected chi connectivity index (χ3v) is 8.44. The molecule has 2 aliphatic rings. The predicted molar refractivity (Wildman–Crippen MR) is 169 cm³/mol. The molecule has 49 heavy (non-hydrogen) atoms. The van der Waals surface area contributed by atoms with E-state index >= 15 is 0 Å². The van der Waals surface area contributed by atoms with Gasteiger partial charge >= 0.3 is 12.2 Å². The average molecular weight is 687 g/mol. The number of nitrogens with one attached hydrogen (secondary N) is 1. The highest BCUT2D eigenvalue weighted by Gasteiger charge is 2.39. The third kappa shape index (κ3) is 8.00. The van der Waals surface area contributed by atoms with Crippen LogP contribution in [0.5, 0.6) is 0 Å². The number of alkyl halides is 3. The molecule has 0 radical (unpaired) electrons. The molecule has 1 unspecified atom stereocenters. The van der Waals surface area contributed by atoms with Gasteiger partial charge in [-0.25, -0.2) is 9.78 Å². The molecular formula is C31H37F3N10O5. The summed E-state index contributed by atoms with van der Waals surface area (Å²) in [5, 5.41) is 22.0. The maximum atomic E-state index is 13.7. The van der Waals surface area contributed by atoms with Crippen LogP contribution in [-0.4, -0.2) is 109 Å². The van der Waals surface area contributed by atoms with E-state index in [-0.39, 0.29) is 48.1 Å². The van der Waals surface area contributed by atoms with E-state index in [1.807, 2.05) is 11.8 Å². The number of likely N-dealkylation sites (tertiary alicyclic amines) is 1. The summed E-state index contributed by atoms with van der Waals surface area (Å²) in [5.41, 5.74) is 5.90. The standard InChI is InChI=1S/C30H35F3N10O3.CH2O2/c1-3-19-15-20(6-7-22(19)28(45)40-11-13-41(14-12-40)29(46)43-9-4-5-21(43)16-35)37-27(44)26-36-17-24(39(26)2)23-18-42(10-8-34)38-25(23)30(31,32)33;2-1-3/h6-7,15,17-18,21H,3-5,9-14,16,35H2,1-2H3,(H,37,44);1H,(H,2,3). The van der Waals surface area contributed by atoms with Crippen molar-refractivity contribution < 1.29 is 37.5 Å². The van der Waals surface area contributed by atoms with Crippen LogP contribution in [-0.2, 0) is 31.0 Å². The fourth-order valence-electron chi connectivity index (χ4n) is 5.99. The van der Waals surface area contributed by atoms with Crippen LogP contribution < -0.4 is 11.1 Å². The number of aryl methyl sites for hydroxylation is 1. The molecule has 1 aromatic carbocycles. The van der Waals surface area contributed by atoms with E-state index in [4.69, 9.17) is 20.9 Å². The second-order valence-electron chi connectivity index (χ2n) is 11.3. The Morgan fingerprint density at radius 2 is 1.84 bits per heavy atom. The number of hydrogen-bond donors (Lipinski definition) is 3. The highest BCUT2D eigenvalue weighted by molar-refractivity contribution is 6.03. The number of anilines is 1. The van der Waals surface area contributed by atoms with Crippen molar-refractivity contribution in [1.29, 1.82) is 5.26 Å². The zero-order valence-corrected chi connectivity index (χ0v) is 27.0. The number of piperazine rings is 1. The number of imidazole rings is 1. The summed E-state index contributed by atoms with van der Waals surface area (Å²) in [6, 6.07) is 6.67. The number of amides is 4. The molecule has 5 rings (SSSR count). The second-order valence-corrected chi connectivity index (χ2v) is 11.3. The van der Waals surface area contributed by atoms with E-state index in [2.05, 4.69) is 15.4 Å². The fraction of sp³-hybridized carbons (Fsp3) is 0.452. The first-order valence-electron chi connectivity index (χ1n) is 15.5. The topological polar surface area (TPSA) is 196 Å². The molecule has 0 aliphatic carbocycles. The number of rotatable bonds is 7. The van der Waals surface area contributed by atoms with E-state index in [0.717, 1.165) is 29.9 Å². The van der Waals surface area contributed by atoms with Crippen LogP contribution in [0.1, 0.15) is 52.0 Å². The van der Waals surface area contributed by atoms with Crippen molar-refractivity contribution in [3.63, 3.8) is 0 Å². The van der Waals surface area contributed by atoms with Gasteiger partial charge in [-0.2, -0.15) is 23.5 Å². The molecule has 0 saturated carbocycles. The van der Waals surface area contributed by atoms with E-state index in [9.17, 15) is 27.6 Å². The number of benzene rings is 1. The number of carbonyl (C=O) groups is 4. The van der Waals surface area contributed by atoms with Gasteiger partial charge in [0.25, 0.3) is 18.3 Å². The molecule has 18 heteroatoms. The highest BCUT2D eigenvalue weighted by Crippen LogP contribution is 2.36. The number of carbonyl (C=O) groups excluding carboxylic acids is 3. The molecular weight excluding hydrogens is 649 g/mol. The lowest BCUT2D eigenvalue weighted by Gasteiger charge is -2.38. The normalized spacial score (nSPS) is 16.1. The maximum absolute atomic E-state index is 13.7. The molecule has 262 valence electrons. The van der Waals surface area contributed by atoms with Gasteiger partial charge in [0.2, 0.25) is 0 Å². The number of carboxylic acid groups (broad SMARTS) is 1. The molecule has 2 saturated heterocycles. The fourth-order valence-corrected chi connectivity index (χ4v) is 5.99. The smallest absolute Gasteiger partial charge is 0.435 e. The largest absolute Gasteiger partial charge is 0.483 e. The number of halogens is 3. The average Bonchev–Trinajstić information content (AvgIpc) is 3.83. The van der Waals surface area contributed by atoms with Gasteiger partial charge in [0, 0.05) is 69.8 Å². The van der Waals surface area contributed by atoms with E-state index in [1.165, 1.54) is 11.6 Å². The number of nitriles is 1. The SMILES string of the molecule is CCc1cc(NC(=O)c2ncc(-c3cn(CC#N)nc3C(F)(F)F)n2C)ccc1C(=O)N1CCN(C(=O)N2CCCC2CN)CC1.O=CO. The number of hydrogen-bond acceptors (Lipinski definition) is 8. The zero-order valence-electron chi connectivity index (χ0n) is 27.0. The lowest BCUT2D eigenvalue weighted by Crippen LogP contribution is -2.55. The summed E-state index contributed by atoms with van der Waals surface area (Å²) in [6.07, 6.45) is -0.213. The first-order chi connectivity index (χ1) is 23.4. The summed E-state index contributed by atoms with van der Waals surface area (Å²) >= 11 is 0. The van der Waals surface area contributed by atoms with Crippen molar-refractivity contribution >= 4 is 30.0 Å². The van der Waals surface area contributed by atoms with Crippen molar-refractivity contribution in [3.05, 3.63) is 53.2 Å². The van der Waals surface area contributed by atoms with Gasteiger partial charge in [0.05, 0.1) is 23.5 Å². The second kappa shape index (κ2) is 15.6. The van der Waals surface area contributed by atoms with Crippen molar-refractivity contribution in [3.8, 4) is 17.3 Å². The highest BCUT2D eigenvalue weighted by atomic mass is 19.4. The monoisotopic (exact) mass is 686 g/mol. The molecule has 0 bridgehead atoms. The van der Waals surface area contributed by atoms with Crippen molar-refractivity contribution in [2.75, 3.05) is 44.6 Å². The Morgan fingerprint density at radius 3 is 2.45 bits per heavy atom. The summed E-state index contributed by atoms with van der Waals surface area (Å²) in [4.78, 5) is 57.4. The van der Waals surface area contributed by atoms with Crippen LogP contribution in [0.25, 0.3) is 11.3 Å². The first kappa shape index (κ1) is 36.4. The van der Waals surface area contributed by atoms with Gasteiger partial charge in [-0.3, -0.25) is 19.1 Å². The number of nitrogens with zero attached hydrogens (tertiary/aromatic N) is 8. The molecule has 0 spiro atoms. The van der Waals surface area contributed by atoms with Crippen LogP contribution in [0.4, 0.5) is 23.7 Å². The summed E-state index contributed by atoms with van der Waals surface area (Å²) in [6.45, 7) is 4.00. The molecule has 4 amide bonds. The molecule has 2 aliphatic heterocycles. The van der Waals surface area contributed by atoms with Crippen LogP contribution >= 0.6 is 0 Å². The minimum Gasteiger partial charge on any atom is -0.483 e. The Balaban J connectivity index is 0.00000174. The summed E-state index contributed by atoms with van der Waals surface area (Å²) in [5.74, 6) is -0.981. The molecule has 4 heterocycles. The van der Waals surface area contributed by atoms with E-state index in [0.29, 0.717) is 62.5 Å². The number of nitrogens with two attached hydrogens (primary N) is 1. The lowest BCUT2D eigenvalue weighted by atomic mass is 10.0. The summed E-state index contributed by atoms with van der Waals surface area (Å²) < 4.78 is 43.1. The number of aromatic nitrogens is 4. The quantitative estimate of drug-likeness (QED) is 0.313. The first-order valence-corrected chi connectivity index (χ1v) is 15.5.